The highest BCUT2D eigenvalue weighted by Gasteiger charge is 2.50. The number of nitrogens with one attached hydrogen (secondary N) is 1. The van der Waals surface area contributed by atoms with Crippen molar-refractivity contribution in [3.8, 4) is 0 Å². The van der Waals surface area contributed by atoms with Crippen molar-refractivity contribution in [2.45, 2.75) is 44.9 Å². The van der Waals surface area contributed by atoms with Crippen LogP contribution >= 0.6 is 0 Å². The molecule has 2 aliphatic rings. The van der Waals surface area contributed by atoms with Gasteiger partial charge in [-0.1, -0.05) is 0 Å². The Morgan fingerprint density at radius 3 is 2.09 bits per heavy atom. The van der Waals surface area contributed by atoms with Crippen LogP contribution in [0.3, 0.4) is 0 Å². The van der Waals surface area contributed by atoms with Gasteiger partial charge in [0, 0.05) is 24.5 Å². The van der Waals surface area contributed by atoms with Gasteiger partial charge in [0.2, 0.25) is 15.9 Å². The maximum absolute atomic E-state index is 13.0. The second kappa shape index (κ2) is 8.32. The van der Waals surface area contributed by atoms with Gasteiger partial charge in [-0.15, -0.1) is 0 Å². The normalized spacial score (nSPS) is 20.2. The third-order valence-electron chi connectivity index (χ3n) is 6.11. The maximum Gasteiger partial charge on any atom is 0.262 e. The Labute approximate surface area is 195 Å². The Morgan fingerprint density at radius 1 is 0.939 bits per heavy atom. The molecule has 0 spiro atoms. The first-order valence-electron chi connectivity index (χ1n) is 11.0. The SMILES string of the molecule is Cc1cc(N2C(=O)C(C)(C)CS2(=O)=O)ccc1S(=O)(=O)Nc1ccc(N2CCCCC2)cc1. The van der Waals surface area contributed by atoms with Crippen molar-refractivity contribution in [3.63, 3.8) is 0 Å². The fourth-order valence-corrected chi connectivity index (χ4v) is 7.81. The van der Waals surface area contributed by atoms with Crippen LogP contribution in [0.25, 0.3) is 0 Å². The molecule has 4 rings (SSSR count). The van der Waals surface area contributed by atoms with Crippen LogP contribution in [0.1, 0.15) is 38.7 Å². The van der Waals surface area contributed by atoms with E-state index in [4.69, 9.17) is 0 Å². The Kier molecular flexibility index (Phi) is 5.94. The zero-order valence-electron chi connectivity index (χ0n) is 19.0. The first-order valence-corrected chi connectivity index (χ1v) is 14.1. The quantitative estimate of drug-likeness (QED) is 0.687. The first kappa shape index (κ1) is 23.6. The van der Waals surface area contributed by atoms with Crippen molar-refractivity contribution in [1.29, 1.82) is 0 Å². The molecule has 0 aliphatic carbocycles. The lowest BCUT2D eigenvalue weighted by Gasteiger charge is -2.28. The molecular formula is C23H29N3O5S2. The molecule has 10 heteroatoms. The van der Waals surface area contributed by atoms with E-state index >= 15 is 0 Å². The van der Waals surface area contributed by atoms with Crippen LogP contribution in [-0.4, -0.2) is 41.6 Å². The van der Waals surface area contributed by atoms with Gasteiger partial charge < -0.3 is 4.90 Å². The van der Waals surface area contributed by atoms with E-state index < -0.39 is 31.4 Å². The van der Waals surface area contributed by atoms with Crippen LogP contribution in [0, 0.1) is 12.3 Å². The molecule has 0 radical (unpaired) electrons. The van der Waals surface area contributed by atoms with Gasteiger partial charge in [-0.3, -0.25) is 9.52 Å². The number of hydrogen-bond acceptors (Lipinski definition) is 6. The van der Waals surface area contributed by atoms with E-state index in [1.165, 1.54) is 24.6 Å². The van der Waals surface area contributed by atoms with E-state index in [9.17, 15) is 21.6 Å². The number of benzene rings is 2. The molecule has 2 aromatic rings. The van der Waals surface area contributed by atoms with E-state index in [1.807, 2.05) is 12.1 Å². The number of hydrogen-bond donors (Lipinski definition) is 1. The van der Waals surface area contributed by atoms with Crippen LogP contribution < -0.4 is 13.9 Å². The number of sulfonamides is 2. The van der Waals surface area contributed by atoms with Crippen LogP contribution in [-0.2, 0) is 24.8 Å². The average Bonchev–Trinajstić information content (AvgIpc) is 2.90. The molecule has 2 aliphatic heterocycles. The Morgan fingerprint density at radius 2 is 1.55 bits per heavy atom. The van der Waals surface area contributed by atoms with Gasteiger partial charge in [-0.05, 0) is 88.1 Å². The predicted octanol–water partition coefficient (Wildman–Crippen LogP) is 3.49. The second-order valence-electron chi connectivity index (χ2n) is 9.36. The largest absolute Gasteiger partial charge is 0.372 e. The fraction of sp³-hybridized carbons (Fsp3) is 0.435. The highest BCUT2D eigenvalue weighted by atomic mass is 32.2. The van der Waals surface area contributed by atoms with E-state index in [2.05, 4.69) is 9.62 Å². The summed E-state index contributed by atoms with van der Waals surface area (Å²) < 4.78 is 54.5. The summed E-state index contributed by atoms with van der Waals surface area (Å²) in [4.78, 5) is 14.9. The van der Waals surface area contributed by atoms with E-state index in [0.717, 1.165) is 35.9 Å². The van der Waals surface area contributed by atoms with Crippen LogP contribution in [0.5, 0.6) is 0 Å². The fourth-order valence-electron chi connectivity index (χ4n) is 4.43. The molecule has 0 unspecified atom stereocenters. The molecular weight excluding hydrogens is 462 g/mol. The Balaban J connectivity index is 1.56. The van der Waals surface area contributed by atoms with Gasteiger partial charge in [0.05, 0.1) is 21.8 Å². The number of rotatable bonds is 5. The van der Waals surface area contributed by atoms with Crippen LogP contribution in [0.15, 0.2) is 47.4 Å². The number of aryl methyl sites for hydroxylation is 1. The minimum absolute atomic E-state index is 0.0228. The molecule has 2 fully saturated rings. The summed E-state index contributed by atoms with van der Waals surface area (Å²) >= 11 is 0. The predicted molar refractivity (Wildman–Crippen MR) is 130 cm³/mol. The minimum atomic E-state index is -3.90. The highest BCUT2D eigenvalue weighted by Crippen LogP contribution is 2.37. The lowest BCUT2D eigenvalue weighted by atomic mass is 9.95. The highest BCUT2D eigenvalue weighted by molar-refractivity contribution is 7.94. The van der Waals surface area contributed by atoms with Crippen LogP contribution in [0.4, 0.5) is 17.1 Å². The second-order valence-corrected chi connectivity index (χ2v) is 12.8. The summed E-state index contributed by atoms with van der Waals surface area (Å²) in [5.74, 6) is -0.808. The number of carbonyl (C=O) groups is 1. The molecule has 178 valence electrons. The summed E-state index contributed by atoms with van der Waals surface area (Å²) in [5, 5.41) is 0. The zero-order chi connectivity index (χ0) is 24.0. The third kappa shape index (κ3) is 4.59. The molecule has 1 N–H and O–H groups in total. The summed E-state index contributed by atoms with van der Waals surface area (Å²) in [6, 6.07) is 11.4. The lowest BCUT2D eigenvalue weighted by molar-refractivity contribution is -0.123. The van der Waals surface area contributed by atoms with Gasteiger partial charge in [0.15, 0.2) is 0 Å². The van der Waals surface area contributed by atoms with Crippen molar-refractivity contribution < 1.29 is 21.6 Å². The Bertz CT molecular complexity index is 1280. The minimum Gasteiger partial charge on any atom is -0.372 e. The smallest absolute Gasteiger partial charge is 0.262 e. The van der Waals surface area contributed by atoms with Gasteiger partial charge in [0.25, 0.3) is 10.0 Å². The average molecular weight is 492 g/mol. The van der Waals surface area contributed by atoms with Gasteiger partial charge in [-0.2, -0.15) is 0 Å². The maximum atomic E-state index is 13.0. The summed E-state index contributed by atoms with van der Waals surface area (Å²) in [6.45, 7) is 6.75. The Hall–Kier alpha value is -2.59. The van der Waals surface area contributed by atoms with Crippen molar-refractivity contribution in [1.82, 2.24) is 0 Å². The van der Waals surface area contributed by atoms with Crippen molar-refractivity contribution in [2.75, 3.05) is 32.8 Å². The van der Waals surface area contributed by atoms with Gasteiger partial charge >= 0.3 is 0 Å². The van der Waals surface area contributed by atoms with Crippen molar-refractivity contribution >= 4 is 43.0 Å². The van der Waals surface area contributed by atoms with Gasteiger partial charge in [-0.25, -0.2) is 21.1 Å². The number of piperidine rings is 1. The summed E-state index contributed by atoms with van der Waals surface area (Å²) in [5.41, 5.74) is 0.973. The third-order valence-corrected chi connectivity index (χ3v) is 9.67. The van der Waals surface area contributed by atoms with Crippen molar-refractivity contribution in [2.24, 2.45) is 5.41 Å². The monoisotopic (exact) mass is 491 g/mol. The number of anilines is 3. The number of carbonyl (C=O) groups excluding carboxylic acids is 1. The molecule has 33 heavy (non-hydrogen) atoms. The van der Waals surface area contributed by atoms with Gasteiger partial charge in [0.1, 0.15) is 0 Å². The van der Waals surface area contributed by atoms with Crippen LogP contribution in [0.2, 0.25) is 0 Å². The molecule has 8 nitrogen and oxygen atoms in total. The van der Waals surface area contributed by atoms with Crippen molar-refractivity contribution in [3.05, 3.63) is 48.0 Å². The molecule has 2 saturated heterocycles. The summed E-state index contributed by atoms with van der Waals surface area (Å²) in [6.07, 6.45) is 3.55. The zero-order valence-corrected chi connectivity index (χ0v) is 20.7. The molecule has 1 amide bonds. The molecule has 0 aromatic heterocycles. The first-order chi connectivity index (χ1) is 15.4. The summed E-state index contributed by atoms with van der Waals surface area (Å²) in [7, 11) is -7.71. The molecule has 0 atom stereocenters. The number of nitrogens with zero attached hydrogens (tertiary/aromatic N) is 2. The van der Waals surface area contributed by atoms with E-state index in [-0.39, 0.29) is 16.3 Å². The molecule has 0 bridgehead atoms. The molecule has 2 heterocycles. The lowest BCUT2D eigenvalue weighted by Crippen LogP contribution is -2.33. The van der Waals surface area contributed by atoms with E-state index in [0.29, 0.717) is 11.3 Å². The molecule has 2 aromatic carbocycles. The van der Waals surface area contributed by atoms with E-state index in [1.54, 1.807) is 32.9 Å². The number of amides is 1. The standard InChI is InChI=1S/C23H29N3O5S2/c1-17-15-20(26-22(27)23(2,3)16-32(26,28)29)11-12-21(17)33(30,31)24-18-7-9-19(10-8-18)25-13-5-4-6-14-25/h7-12,15,24H,4-6,13-14,16H2,1-3H3. The topological polar surface area (TPSA) is 104 Å². The molecule has 0 saturated carbocycles.